The van der Waals surface area contributed by atoms with Crippen LogP contribution >= 0.6 is 11.3 Å². The van der Waals surface area contributed by atoms with E-state index < -0.39 is 0 Å². The Kier molecular flexibility index (Phi) is 6.96. The van der Waals surface area contributed by atoms with Crippen LogP contribution in [0.2, 0.25) is 0 Å². The summed E-state index contributed by atoms with van der Waals surface area (Å²) < 4.78 is 0. The molecule has 2 amide bonds. The number of thiazole rings is 1. The number of carbonyl (C=O) groups is 2. The third-order valence-corrected chi connectivity index (χ3v) is 4.39. The lowest BCUT2D eigenvalue weighted by Crippen LogP contribution is -2.47. The van der Waals surface area contributed by atoms with E-state index in [1.807, 2.05) is 58.9 Å². The number of nitrogens with zero attached hydrogens (tertiary/aromatic N) is 3. The first-order chi connectivity index (χ1) is 10.9. The van der Waals surface area contributed by atoms with Crippen LogP contribution in [0.4, 0.5) is 0 Å². The molecule has 2 heterocycles. The van der Waals surface area contributed by atoms with Crippen molar-refractivity contribution in [2.75, 3.05) is 20.1 Å². The van der Waals surface area contributed by atoms with Crippen LogP contribution in [0.25, 0.3) is 0 Å². The average molecular weight is 354 g/mol. The van der Waals surface area contributed by atoms with Gasteiger partial charge in [0.05, 0.1) is 6.54 Å². The lowest BCUT2D eigenvalue weighted by molar-refractivity contribution is -0.143. The van der Waals surface area contributed by atoms with Crippen LogP contribution in [0.15, 0.2) is 11.6 Å². The normalized spacial score (nSPS) is 14.4. The number of hydrogen-bond donors (Lipinski definition) is 0. The van der Waals surface area contributed by atoms with E-state index in [0.29, 0.717) is 12.5 Å². The molecule has 0 aromatic carbocycles. The van der Waals surface area contributed by atoms with Crippen LogP contribution < -0.4 is 0 Å². The van der Waals surface area contributed by atoms with E-state index in [2.05, 4.69) is 4.98 Å². The molecule has 2 rings (SSSR count). The van der Waals surface area contributed by atoms with Crippen molar-refractivity contribution < 1.29 is 9.59 Å². The second-order valence-corrected chi connectivity index (χ2v) is 9.21. The quantitative estimate of drug-likeness (QED) is 0.819. The Balaban J connectivity index is 0.000000254. The highest BCUT2D eigenvalue weighted by molar-refractivity contribution is 7.09. The van der Waals surface area contributed by atoms with Crippen molar-refractivity contribution in [2.24, 2.45) is 10.8 Å². The van der Waals surface area contributed by atoms with E-state index in [1.165, 1.54) is 6.42 Å². The second-order valence-electron chi connectivity index (χ2n) is 8.23. The van der Waals surface area contributed by atoms with Gasteiger partial charge in [-0.2, -0.15) is 0 Å². The molecule has 0 aliphatic carbocycles. The molecule has 0 spiro atoms. The molecule has 1 aromatic heterocycles. The number of aromatic nitrogens is 1. The third kappa shape index (κ3) is 6.23. The molecule has 136 valence electrons. The first-order valence-electron chi connectivity index (χ1n) is 8.36. The summed E-state index contributed by atoms with van der Waals surface area (Å²) in [6.07, 6.45) is 2.94. The minimum atomic E-state index is -0.313. The van der Waals surface area contributed by atoms with Crippen molar-refractivity contribution in [1.29, 1.82) is 0 Å². The zero-order valence-corrected chi connectivity index (χ0v) is 16.9. The fourth-order valence-electron chi connectivity index (χ4n) is 2.17. The van der Waals surface area contributed by atoms with Gasteiger partial charge in [-0.05, 0) is 6.42 Å². The van der Waals surface area contributed by atoms with E-state index in [4.69, 9.17) is 0 Å². The maximum atomic E-state index is 11.8. The summed E-state index contributed by atoms with van der Waals surface area (Å²) in [6.45, 7) is 14.2. The first-order valence-corrected chi connectivity index (χ1v) is 9.24. The number of hydrogen-bond acceptors (Lipinski definition) is 4. The lowest BCUT2D eigenvalue weighted by Gasteiger charge is -2.35. The van der Waals surface area contributed by atoms with Gasteiger partial charge in [0.25, 0.3) is 0 Å². The van der Waals surface area contributed by atoms with Gasteiger partial charge in [0.15, 0.2) is 0 Å². The summed E-state index contributed by atoms with van der Waals surface area (Å²) in [4.78, 5) is 30.9. The molecule has 0 bridgehead atoms. The molecule has 0 saturated carbocycles. The number of likely N-dealkylation sites (tertiary alicyclic amines) is 1. The van der Waals surface area contributed by atoms with Crippen LogP contribution in [-0.2, 0) is 16.1 Å². The highest BCUT2D eigenvalue weighted by Gasteiger charge is 2.30. The predicted molar refractivity (Wildman–Crippen MR) is 98.7 cm³/mol. The van der Waals surface area contributed by atoms with E-state index in [0.717, 1.165) is 18.1 Å². The van der Waals surface area contributed by atoms with Crippen LogP contribution in [0.5, 0.6) is 0 Å². The van der Waals surface area contributed by atoms with Gasteiger partial charge < -0.3 is 9.80 Å². The van der Waals surface area contributed by atoms with Gasteiger partial charge in [-0.15, -0.1) is 11.3 Å². The molecule has 6 heteroatoms. The van der Waals surface area contributed by atoms with Crippen molar-refractivity contribution in [3.63, 3.8) is 0 Å². The van der Waals surface area contributed by atoms with Crippen molar-refractivity contribution >= 4 is 23.2 Å². The smallest absolute Gasteiger partial charge is 0.228 e. The van der Waals surface area contributed by atoms with Crippen LogP contribution in [-0.4, -0.2) is 46.7 Å². The van der Waals surface area contributed by atoms with E-state index >= 15 is 0 Å². The fraction of sp³-hybridized carbons (Fsp3) is 0.722. The Morgan fingerprint density at radius 3 is 2.04 bits per heavy atom. The summed E-state index contributed by atoms with van der Waals surface area (Å²) in [5.41, 5.74) is -0.494. The minimum Gasteiger partial charge on any atom is -0.342 e. The molecule has 24 heavy (non-hydrogen) atoms. The second kappa shape index (κ2) is 8.10. The van der Waals surface area contributed by atoms with E-state index in [9.17, 15) is 9.59 Å². The molecular weight excluding hydrogens is 322 g/mol. The summed E-state index contributed by atoms with van der Waals surface area (Å²) in [5, 5.41) is 2.90. The van der Waals surface area contributed by atoms with Gasteiger partial charge in [-0.3, -0.25) is 9.59 Å². The molecule has 0 unspecified atom stereocenters. The van der Waals surface area contributed by atoms with E-state index in [-0.39, 0.29) is 16.7 Å². The molecule has 0 N–H and O–H groups in total. The highest BCUT2D eigenvalue weighted by Crippen LogP contribution is 2.21. The van der Waals surface area contributed by atoms with Crippen molar-refractivity contribution in [3.05, 3.63) is 16.6 Å². The largest absolute Gasteiger partial charge is 0.342 e. The fourth-order valence-corrected chi connectivity index (χ4v) is 2.84. The lowest BCUT2D eigenvalue weighted by atomic mass is 9.93. The summed E-state index contributed by atoms with van der Waals surface area (Å²) >= 11 is 1.57. The van der Waals surface area contributed by atoms with Gasteiger partial charge >= 0.3 is 0 Å². The predicted octanol–water partition coefficient (Wildman–Crippen LogP) is 3.41. The monoisotopic (exact) mass is 353 g/mol. The zero-order chi connectivity index (χ0) is 18.5. The Labute approximate surface area is 150 Å². The maximum Gasteiger partial charge on any atom is 0.228 e. The first kappa shape index (κ1) is 20.6. The summed E-state index contributed by atoms with van der Waals surface area (Å²) in [5.74, 6) is 0.437. The molecule has 1 aromatic rings. The van der Waals surface area contributed by atoms with Gasteiger partial charge in [-0.25, -0.2) is 4.98 Å². The van der Waals surface area contributed by atoms with E-state index in [1.54, 1.807) is 22.4 Å². The topological polar surface area (TPSA) is 53.5 Å². The standard InChI is InChI=1S/C10H16N2OS.C8H15NO/c1-10(2,3)9(13)12(4)7-8-11-5-6-14-8;1-8(2,3)7(10)9-5-4-6-9/h5-6H,7H2,1-4H3;4-6H2,1-3H3. The molecule has 1 fully saturated rings. The maximum absolute atomic E-state index is 11.8. The van der Waals surface area contributed by atoms with Gasteiger partial charge in [0, 0.05) is 42.5 Å². The zero-order valence-electron chi connectivity index (χ0n) is 16.0. The Morgan fingerprint density at radius 2 is 1.75 bits per heavy atom. The average Bonchev–Trinajstić information content (AvgIpc) is 2.87. The summed E-state index contributed by atoms with van der Waals surface area (Å²) in [6, 6.07) is 0. The minimum absolute atomic E-state index is 0.146. The molecule has 1 aliphatic rings. The molecule has 1 aliphatic heterocycles. The SMILES string of the molecule is CC(C)(C)C(=O)N1CCC1.CN(Cc1nccs1)C(=O)C(C)(C)C. The Morgan fingerprint density at radius 1 is 1.17 bits per heavy atom. The van der Waals surface area contributed by atoms with Gasteiger partial charge in [0.2, 0.25) is 11.8 Å². The molecule has 0 radical (unpaired) electrons. The van der Waals surface area contributed by atoms with Crippen molar-refractivity contribution in [3.8, 4) is 0 Å². The Hall–Kier alpha value is -1.43. The molecular formula is C18H31N3O2S. The van der Waals surface area contributed by atoms with Crippen molar-refractivity contribution in [1.82, 2.24) is 14.8 Å². The number of carbonyl (C=O) groups excluding carboxylic acids is 2. The van der Waals surface area contributed by atoms with Crippen LogP contribution in [0.1, 0.15) is 53.0 Å². The highest BCUT2D eigenvalue weighted by atomic mass is 32.1. The van der Waals surface area contributed by atoms with Gasteiger partial charge in [-0.1, -0.05) is 41.5 Å². The molecule has 1 saturated heterocycles. The number of rotatable bonds is 2. The summed E-state index contributed by atoms with van der Waals surface area (Å²) in [7, 11) is 1.81. The third-order valence-electron chi connectivity index (χ3n) is 3.63. The van der Waals surface area contributed by atoms with Crippen LogP contribution in [0.3, 0.4) is 0 Å². The number of amides is 2. The van der Waals surface area contributed by atoms with Crippen LogP contribution in [0, 0.1) is 10.8 Å². The van der Waals surface area contributed by atoms with Gasteiger partial charge in [0.1, 0.15) is 5.01 Å². The molecule has 5 nitrogen and oxygen atoms in total. The Bertz CT molecular complexity index is 538. The van der Waals surface area contributed by atoms with Crippen molar-refractivity contribution in [2.45, 2.75) is 54.5 Å². The molecule has 0 atom stereocenters.